The van der Waals surface area contributed by atoms with Crippen LogP contribution in [-0.4, -0.2) is 39.1 Å². The summed E-state index contributed by atoms with van der Waals surface area (Å²) in [5, 5.41) is 3.93. The average Bonchev–Trinajstić information content (AvgIpc) is 2.50. The third-order valence-corrected chi connectivity index (χ3v) is 2.79. The highest BCUT2D eigenvalue weighted by Crippen LogP contribution is 2.26. The van der Waals surface area contributed by atoms with Gasteiger partial charge in [-0.3, -0.25) is 4.79 Å². The topological polar surface area (TPSA) is 66.4 Å². The predicted molar refractivity (Wildman–Crippen MR) is 78.9 cm³/mol. The first-order valence-electron chi connectivity index (χ1n) is 6.65. The second-order valence-corrected chi connectivity index (χ2v) is 4.25. The van der Waals surface area contributed by atoms with E-state index in [0.717, 1.165) is 0 Å². The summed E-state index contributed by atoms with van der Waals surface area (Å²) in [6.07, 6.45) is 1.91. The van der Waals surface area contributed by atoms with E-state index >= 15 is 0 Å². The van der Waals surface area contributed by atoms with Crippen LogP contribution >= 0.6 is 0 Å². The number of methoxy groups -OCH3 is 2. The molecule has 116 valence electrons. The number of carbonyl (C=O) groups is 1. The number of hydrogen-bond donors (Lipinski definition) is 0. The van der Waals surface area contributed by atoms with Gasteiger partial charge in [-0.15, -0.1) is 0 Å². The number of rotatable bonds is 8. The van der Waals surface area contributed by atoms with Crippen molar-refractivity contribution in [3.63, 3.8) is 0 Å². The van der Waals surface area contributed by atoms with Gasteiger partial charge in [0.1, 0.15) is 18.1 Å². The van der Waals surface area contributed by atoms with E-state index < -0.39 is 0 Å². The van der Waals surface area contributed by atoms with Crippen LogP contribution in [0.4, 0.5) is 0 Å². The Bertz CT molecular complexity index is 465. The molecule has 0 amide bonds. The lowest BCUT2D eigenvalue weighted by molar-refractivity contribution is -0.145. The van der Waals surface area contributed by atoms with Crippen molar-refractivity contribution in [1.82, 2.24) is 0 Å². The van der Waals surface area contributed by atoms with Crippen molar-refractivity contribution in [2.24, 2.45) is 5.16 Å². The van der Waals surface area contributed by atoms with Gasteiger partial charge in [0.05, 0.1) is 26.0 Å². The second kappa shape index (κ2) is 8.84. The predicted octanol–water partition coefficient (Wildman–Crippen LogP) is 2.40. The summed E-state index contributed by atoms with van der Waals surface area (Å²) in [5.41, 5.74) is 0.685. The molecule has 1 rings (SSSR count). The molecule has 1 aromatic carbocycles. The van der Waals surface area contributed by atoms with Crippen LogP contribution in [0.1, 0.15) is 25.8 Å². The molecule has 0 radical (unpaired) electrons. The fourth-order valence-electron chi connectivity index (χ4n) is 1.61. The van der Waals surface area contributed by atoms with E-state index in [0.29, 0.717) is 23.5 Å². The number of hydrogen-bond acceptors (Lipinski definition) is 6. The Hall–Kier alpha value is -2.24. The molecule has 1 aromatic rings. The Balaban J connectivity index is 2.73. The van der Waals surface area contributed by atoms with E-state index in [4.69, 9.17) is 19.0 Å². The summed E-state index contributed by atoms with van der Waals surface area (Å²) in [5.74, 6) is 0.928. The summed E-state index contributed by atoms with van der Waals surface area (Å²) in [6, 6.07) is 5.44. The summed E-state index contributed by atoms with van der Waals surface area (Å²) in [6.45, 7) is 3.45. The molecule has 1 unspecified atom stereocenters. The third-order valence-electron chi connectivity index (χ3n) is 2.79. The van der Waals surface area contributed by atoms with Crippen molar-refractivity contribution in [2.45, 2.75) is 26.4 Å². The lowest BCUT2D eigenvalue weighted by Crippen LogP contribution is -2.18. The summed E-state index contributed by atoms with van der Waals surface area (Å²) < 4.78 is 15.4. The van der Waals surface area contributed by atoms with E-state index in [9.17, 15) is 4.79 Å². The van der Waals surface area contributed by atoms with Gasteiger partial charge in [-0.1, -0.05) is 18.1 Å². The zero-order valence-corrected chi connectivity index (χ0v) is 12.8. The standard InChI is InChI=1S/C15H21NO5/c1-5-12(10-20-11(2)17)21-16-9-13-14(18-3)7-6-8-15(13)19-4/h6-9,12H,5,10H2,1-4H3/b16-9+. The molecule has 1 atom stereocenters. The van der Waals surface area contributed by atoms with Crippen LogP contribution in [0.5, 0.6) is 11.5 Å². The minimum atomic E-state index is -0.340. The Morgan fingerprint density at radius 2 is 1.90 bits per heavy atom. The van der Waals surface area contributed by atoms with Crippen molar-refractivity contribution < 1.29 is 23.8 Å². The SMILES string of the molecule is CCC(COC(C)=O)O/N=C/c1c(OC)cccc1OC. The van der Waals surface area contributed by atoms with Crippen molar-refractivity contribution >= 4 is 12.2 Å². The lowest BCUT2D eigenvalue weighted by Gasteiger charge is -2.13. The molecule has 0 N–H and O–H groups in total. The molecule has 0 heterocycles. The van der Waals surface area contributed by atoms with Gasteiger partial charge < -0.3 is 19.0 Å². The fourth-order valence-corrected chi connectivity index (χ4v) is 1.61. The largest absolute Gasteiger partial charge is 0.496 e. The lowest BCUT2D eigenvalue weighted by atomic mass is 10.2. The number of esters is 1. The molecule has 0 saturated heterocycles. The number of nitrogens with zero attached hydrogens (tertiary/aromatic N) is 1. The van der Waals surface area contributed by atoms with Crippen LogP contribution in [0.15, 0.2) is 23.4 Å². The molecule has 6 heteroatoms. The van der Waals surface area contributed by atoms with E-state index in [1.165, 1.54) is 13.1 Å². The monoisotopic (exact) mass is 295 g/mol. The molecule has 0 saturated carbocycles. The molecule has 6 nitrogen and oxygen atoms in total. The van der Waals surface area contributed by atoms with E-state index in [2.05, 4.69) is 5.16 Å². The number of oxime groups is 1. The van der Waals surface area contributed by atoms with E-state index in [1.807, 2.05) is 13.0 Å². The second-order valence-electron chi connectivity index (χ2n) is 4.25. The molecule has 0 bridgehead atoms. The van der Waals surface area contributed by atoms with Gasteiger partial charge in [0.2, 0.25) is 0 Å². The van der Waals surface area contributed by atoms with Crippen LogP contribution in [-0.2, 0) is 14.4 Å². The molecule has 0 aliphatic heterocycles. The Morgan fingerprint density at radius 3 is 2.38 bits per heavy atom. The van der Waals surface area contributed by atoms with Crippen molar-refractivity contribution in [3.8, 4) is 11.5 Å². The maximum Gasteiger partial charge on any atom is 0.302 e. The first kappa shape index (κ1) is 16.8. The number of benzene rings is 1. The Labute approximate surface area is 124 Å². The molecular weight excluding hydrogens is 274 g/mol. The van der Waals surface area contributed by atoms with Gasteiger partial charge in [0.15, 0.2) is 6.10 Å². The molecule has 0 fully saturated rings. The zero-order chi connectivity index (χ0) is 15.7. The summed E-state index contributed by atoms with van der Waals surface area (Å²) in [4.78, 5) is 16.1. The van der Waals surface area contributed by atoms with Gasteiger partial charge in [0, 0.05) is 6.92 Å². The van der Waals surface area contributed by atoms with E-state index in [1.54, 1.807) is 26.4 Å². The van der Waals surface area contributed by atoms with Crippen LogP contribution in [0.25, 0.3) is 0 Å². The summed E-state index contributed by atoms with van der Waals surface area (Å²) >= 11 is 0. The average molecular weight is 295 g/mol. The minimum absolute atomic E-state index is 0.173. The Morgan fingerprint density at radius 1 is 1.29 bits per heavy atom. The smallest absolute Gasteiger partial charge is 0.302 e. The van der Waals surface area contributed by atoms with Gasteiger partial charge in [-0.2, -0.15) is 0 Å². The number of carbonyl (C=O) groups excluding carboxylic acids is 1. The highest BCUT2D eigenvalue weighted by atomic mass is 16.7. The van der Waals surface area contributed by atoms with Crippen molar-refractivity contribution in [2.75, 3.05) is 20.8 Å². The molecular formula is C15H21NO5. The Kier molecular flexibility index (Phi) is 7.08. The first-order chi connectivity index (χ1) is 10.1. The molecule has 0 spiro atoms. The third kappa shape index (κ3) is 5.33. The van der Waals surface area contributed by atoms with Crippen LogP contribution in [0.3, 0.4) is 0 Å². The van der Waals surface area contributed by atoms with Crippen LogP contribution < -0.4 is 9.47 Å². The zero-order valence-electron chi connectivity index (χ0n) is 12.8. The highest BCUT2D eigenvalue weighted by molar-refractivity contribution is 5.87. The quantitative estimate of drug-likeness (QED) is 0.418. The molecule has 21 heavy (non-hydrogen) atoms. The van der Waals surface area contributed by atoms with Gasteiger partial charge in [0.25, 0.3) is 0 Å². The molecule has 0 aromatic heterocycles. The minimum Gasteiger partial charge on any atom is -0.496 e. The number of ether oxygens (including phenoxy) is 3. The highest BCUT2D eigenvalue weighted by Gasteiger charge is 2.10. The molecule has 0 aliphatic carbocycles. The summed E-state index contributed by atoms with van der Waals surface area (Å²) in [7, 11) is 3.14. The first-order valence-corrected chi connectivity index (χ1v) is 6.65. The van der Waals surface area contributed by atoms with Crippen LogP contribution in [0.2, 0.25) is 0 Å². The van der Waals surface area contributed by atoms with Gasteiger partial charge in [-0.05, 0) is 18.6 Å². The van der Waals surface area contributed by atoms with Gasteiger partial charge >= 0.3 is 5.97 Å². The van der Waals surface area contributed by atoms with Gasteiger partial charge in [-0.25, -0.2) is 0 Å². The maximum absolute atomic E-state index is 10.8. The van der Waals surface area contributed by atoms with Crippen molar-refractivity contribution in [3.05, 3.63) is 23.8 Å². The molecule has 0 aliphatic rings. The van der Waals surface area contributed by atoms with E-state index in [-0.39, 0.29) is 18.7 Å². The fraction of sp³-hybridized carbons (Fsp3) is 0.467. The van der Waals surface area contributed by atoms with Crippen LogP contribution in [0, 0.1) is 0 Å². The van der Waals surface area contributed by atoms with Crippen molar-refractivity contribution in [1.29, 1.82) is 0 Å². The maximum atomic E-state index is 10.8. The normalized spacial score (nSPS) is 12.0.